The van der Waals surface area contributed by atoms with Crippen LogP contribution in [0.25, 0.3) is 0 Å². The second-order valence-electron chi connectivity index (χ2n) is 4.78. The van der Waals surface area contributed by atoms with Crippen molar-refractivity contribution < 1.29 is 14.3 Å². The molecule has 21 heavy (non-hydrogen) atoms. The molecule has 0 aliphatic rings. The fourth-order valence-corrected chi connectivity index (χ4v) is 2.07. The monoisotopic (exact) mass is 282 g/mol. The Bertz CT molecular complexity index is 590. The zero-order chi connectivity index (χ0) is 15.1. The lowest BCUT2D eigenvalue weighted by atomic mass is 10.0. The standard InChI is InChI=1S/C18H18O3/c1-2-9-16(17(19)14-10-5-3-6-11-14)21-18(20)15-12-7-4-8-13-15/h3-8,10-13,16H,2,9H2,1H3. The molecule has 3 nitrogen and oxygen atoms in total. The van der Waals surface area contributed by atoms with Crippen molar-refractivity contribution in [1.29, 1.82) is 0 Å². The van der Waals surface area contributed by atoms with Crippen LogP contribution in [0, 0.1) is 0 Å². The van der Waals surface area contributed by atoms with E-state index in [2.05, 4.69) is 0 Å². The molecule has 2 aromatic carbocycles. The molecule has 0 saturated carbocycles. The minimum atomic E-state index is -0.731. The van der Waals surface area contributed by atoms with Gasteiger partial charge in [0.2, 0.25) is 5.78 Å². The van der Waals surface area contributed by atoms with Gasteiger partial charge in [-0.15, -0.1) is 0 Å². The molecule has 1 atom stereocenters. The highest BCUT2D eigenvalue weighted by Crippen LogP contribution is 2.14. The normalized spacial score (nSPS) is 11.7. The Morgan fingerprint density at radius 1 is 0.905 bits per heavy atom. The van der Waals surface area contributed by atoms with Crippen molar-refractivity contribution in [3.05, 3.63) is 71.8 Å². The number of carbonyl (C=O) groups excluding carboxylic acids is 2. The number of hydrogen-bond acceptors (Lipinski definition) is 3. The number of rotatable bonds is 6. The number of esters is 1. The van der Waals surface area contributed by atoms with Crippen LogP contribution < -0.4 is 0 Å². The van der Waals surface area contributed by atoms with E-state index in [1.807, 2.05) is 19.1 Å². The van der Waals surface area contributed by atoms with Gasteiger partial charge < -0.3 is 4.74 Å². The van der Waals surface area contributed by atoms with Crippen LogP contribution in [0.3, 0.4) is 0 Å². The minimum absolute atomic E-state index is 0.151. The van der Waals surface area contributed by atoms with E-state index in [1.54, 1.807) is 48.5 Å². The summed E-state index contributed by atoms with van der Waals surface area (Å²) in [7, 11) is 0. The molecule has 2 aromatic rings. The minimum Gasteiger partial charge on any atom is -0.450 e. The summed E-state index contributed by atoms with van der Waals surface area (Å²) in [4.78, 5) is 24.5. The molecule has 0 spiro atoms. The van der Waals surface area contributed by atoms with Crippen molar-refractivity contribution in [1.82, 2.24) is 0 Å². The van der Waals surface area contributed by atoms with E-state index in [9.17, 15) is 9.59 Å². The summed E-state index contributed by atoms with van der Waals surface area (Å²) in [6.07, 6.45) is 0.558. The lowest BCUT2D eigenvalue weighted by molar-refractivity contribution is 0.0266. The second kappa shape index (κ2) is 7.39. The van der Waals surface area contributed by atoms with Gasteiger partial charge >= 0.3 is 5.97 Å². The van der Waals surface area contributed by atoms with E-state index in [-0.39, 0.29) is 5.78 Å². The molecule has 0 radical (unpaired) electrons. The lowest BCUT2D eigenvalue weighted by Crippen LogP contribution is -2.27. The first-order valence-corrected chi connectivity index (χ1v) is 7.07. The first-order chi connectivity index (χ1) is 10.2. The van der Waals surface area contributed by atoms with Gasteiger partial charge in [-0.3, -0.25) is 4.79 Å². The molecule has 0 aromatic heterocycles. The molecule has 0 aliphatic carbocycles. The van der Waals surface area contributed by atoms with Crippen LogP contribution >= 0.6 is 0 Å². The Kier molecular flexibility index (Phi) is 5.27. The number of ether oxygens (including phenoxy) is 1. The van der Waals surface area contributed by atoms with E-state index < -0.39 is 12.1 Å². The van der Waals surface area contributed by atoms with Crippen LogP contribution in [0.2, 0.25) is 0 Å². The zero-order valence-electron chi connectivity index (χ0n) is 12.0. The van der Waals surface area contributed by atoms with E-state index in [1.165, 1.54) is 0 Å². The van der Waals surface area contributed by atoms with Crippen molar-refractivity contribution in [2.75, 3.05) is 0 Å². The average molecular weight is 282 g/mol. The molecule has 1 unspecified atom stereocenters. The summed E-state index contributed by atoms with van der Waals surface area (Å²) >= 11 is 0. The van der Waals surface area contributed by atoms with Crippen molar-refractivity contribution in [2.24, 2.45) is 0 Å². The molecule has 108 valence electrons. The first-order valence-electron chi connectivity index (χ1n) is 7.07. The summed E-state index contributed by atoms with van der Waals surface area (Å²) in [5, 5.41) is 0. The van der Waals surface area contributed by atoms with Crippen LogP contribution in [-0.2, 0) is 4.74 Å². The van der Waals surface area contributed by atoms with Crippen molar-refractivity contribution in [2.45, 2.75) is 25.9 Å². The van der Waals surface area contributed by atoms with Crippen LogP contribution in [0.15, 0.2) is 60.7 Å². The third-order valence-electron chi connectivity index (χ3n) is 3.16. The Morgan fingerprint density at radius 3 is 1.95 bits per heavy atom. The maximum absolute atomic E-state index is 12.4. The highest BCUT2D eigenvalue weighted by Gasteiger charge is 2.23. The van der Waals surface area contributed by atoms with Gasteiger partial charge in [0.1, 0.15) is 0 Å². The highest BCUT2D eigenvalue weighted by atomic mass is 16.5. The summed E-state index contributed by atoms with van der Waals surface area (Å²) < 4.78 is 5.40. The predicted molar refractivity (Wildman–Crippen MR) is 81.3 cm³/mol. The predicted octanol–water partition coefficient (Wildman–Crippen LogP) is 3.90. The largest absolute Gasteiger partial charge is 0.450 e. The Morgan fingerprint density at radius 2 is 1.43 bits per heavy atom. The van der Waals surface area contributed by atoms with Gasteiger partial charge in [-0.25, -0.2) is 4.79 Å². The lowest BCUT2D eigenvalue weighted by Gasteiger charge is -2.16. The molecule has 3 heteroatoms. The summed E-state index contributed by atoms with van der Waals surface area (Å²) in [5.41, 5.74) is 1.02. The molecule has 0 N–H and O–H groups in total. The van der Waals surface area contributed by atoms with E-state index in [4.69, 9.17) is 4.74 Å². The smallest absolute Gasteiger partial charge is 0.338 e. The van der Waals surface area contributed by atoms with Crippen molar-refractivity contribution in [3.63, 3.8) is 0 Å². The summed E-state index contributed by atoms with van der Waals surface area (Å²) in [6.45, 7) is 1.96. The van der Waals surface area contributed by atoms with Crippen molar-refractivity contribution in [3.8, 4) is 0 Å². The molecular weight excluding hydrogens is 264 g/mol. The Hall–Kier alpha value is -2.42. The van der Waals surface area contributed by atoms with E-state index >= 15 is 0 Å². The van der Waals surface area contributed by atoms with Gasteiger partial charge in [0, 0.05) is 5.56 Å². The fraction of sp³-hybridized carbons (Fsp3) is 0.222. The molecular formula is C18H18O3. The number of ketones is 1. The Labute approximate surface area is 124 Å². The third-order valence-corrected chi connectivity index (χ3v) is 3.16. The molecule has 0 bridgehead atoms. The van der Waals surface area contributed by atoms with Gasteiger partial charge in [-0.05, 0) is 18.6 Å². The van der Waals surface area contributed by atoms with Gasteiger partial charge in [-0.2, -0.15) is 0 Å². The average Bonchev–Trinajstić information content (AvgIpc) is 2.55. The van der Waals surface area contributed by atoms with Gasteiger partial charge in [0.25, 0.3) is 0 Å². The molecule has 0 aliphatic heterocycles. The number of carbonyl (C=O) groups is 2. The molecule has 0 fully saturated rings. The maximum Gasteiger partial charge on any atom is 0.338 e. The van der Waals surface area contributed by atoms with E-state index in [0.717, 1.165) is 6.42 Å². The van der Waals surface area contributed by atoms with Crippen LogP contribution in [0.5, 0.6) is 0 Å². The SMILES string of the molecule is CCCC(OC(=O)c1ccccc1)C(=O)c1ccccc1. The molecule has 0 heterocycles. The molecule has 2 rings (SSSR count). The number of benzene rings is 2. The maximum atomic E-state index is 12.4. The number of Topliss-reactive ketones (excluding diaryl/α,β-unsaturated/α-hetero) is 1. The van der Waals surface area contributed by atoms with Crippen molar-refractivity contribution >= 4 is 11.8 Å². The van der Waals surface area contributed by atoms with Crippen LogP contribution in [0.4, 0.5) is 0 Å². The molecule has 0 saturated heterocycles. The Balaban J connectivity index is 2.12. The third kappa shape index (κ3) is 4.02. The second-order valence-corrected chi connectivity index (χ2v) is 4.78. The van der Waals surface area contributed by atoms with Gasteiger partial charge in [0.15, 0.2) is 6.10 Å². The molecule has 0 amide bonds. The van der Waals surface area contributed by atoms with Gasteiger partial charge in [0.05, 0.1) is 5.56 Å². The van der Waals surface area contributed by atoms with E-state index in [0.29, 0.717) is 17.5 Å². The fourth-order valence-electron chi connectivity index (χ4n) is 2.07. The zero-order valence-corrected chi connectivity index (χ0v) is 12.0. The summed E-state index contributed by atoms with van der Waals surface area (Å²) in [6, 6.07) is 17.6. The van der Waals surface area contributed by atoms with Gasteiger partial charge in [-0.1, -0.05) is 61.9 Å². The quantitative estimate of drug-likeness (QED) is 0.596. The summed E-state index contributed by atoms with van der Waals surface area (Å²) in [5.74, 6) is -0.611. The van der Waals surface area contributed by atoms with Crippen LogP contribution in [-0.4, -0.2) is 17.9 Å². The first kappa shape index (κ1) is 15.0. The topological polar surface area (TPSA) is 43.4 Å². The highest BCUT2D eigenvalue weighted by molar-refractivity contribution is 6.01. The van der Waals surface area contributed by atoms with Crippen LogP contribution in [0.1, 0.15) is 40.5 Å². The number of hydrogen-bond donors (Lipinski definition) is 0.